The van der Waals surface area contributed by atoms with Gasteiger partial charge < -0.3 is 24.8 Å². The van der Waals surface area contributed by atoms with Crippen molar-refractivity contribution in [1.29, 1.82) is 0 Å². The molecule has 8 heteroatoms. The molecule has 8 nitrogen and oxygen atoms in total. The summed E-state index contributed by atoms with van der Waals surface area (Å²) in [4.78, 5) is 39.8. The Hall–Kier alpha value is -2.19. The highest BCUT2D eigenvalue weighted by atomic mass is 16.3. The van der Waals surface area contributed by atoms with Crippen molar-refractivity contribution in [2.75, 3.05) is 32.7 Å². The van der Waals surface area contributed by atoms with Crippen LogP contribution in [0.4, 0.5) is 0 Å². The molecule has 0 aliphatic carbocycles. The maximum absolute atomic E-state index is 12.6. The van der Waals surface area contributed by atoms with Gasteiger partial charge >= 0.3 is 0 Å². The van der Waals surface area contributed by atoms with Crippen LogP contribution in [-0.2, 0) is 16.1 Å². The predicted octanol–water partition coefficient (Wildman–Crippen LogP) is 0.583. The third-order valence-electron chi connectivity index (χ3n) is 6.25. The first-order chi connectivity index (χ1) is 14.3. The summed E-state index contributed by atoms with van der Waals surface area (Å²) in [5.74, 6) is 0.0452. The number of aromatic nitrogens is 1. The maximum Gasteiger partial charge on any atom is 0.250 e. The van der Waals surface area contributed by atoms with Crippen LogP contribution in [0.1, 0.15) is 45.4 Å². The van der Waals surface area contributed by atoms with Crippen molar-refractivity contribution in [3.8, 4) is 0 Å². The number of hydrogen-bond acceptors (Lipinski definition) is 5. The van der Waals surface area contributed by atoms with Crippen molar-refractivity contribution < 1.29 is 14.7 Å². The summed E-state index contributed by atoms with van der Waals surface area (Å²) >= 11 is 0. The molecule has 2 amide bonds. The van der Waals surface area contributed by atoms with Crippen molar-refractivity contribution in [3.05, 3.63) is 34.7 Å². The number of β-amino-alcohol motifs (C(OH)–C–C–N with tert-alkyl or cyclic N) is 1. The third-order valence-corrected chi connectivity index (χ3v) is 6.25. The van der Waals surface area contributed by atoms with Crippen LogP contribution >= 0.6 is 0 Å². The number of aryl methyl sites for hydroxylation is 1. The number of amides is 2. The summed E-state index contributed by atoms with van der Waals surface area (Å²) in [6.45, 7) is 5.45. The van der Waals surface area contributed by atoms with Crippen LogP contribution in [0.2, 0.25) is 0 Å². The number of nitrogens with zero attached hydrogens (tertiary/aromatic N) is 3. The van der Waals surface area contributed by atoms with E-state index in [0.29, 0.717) is 45.4 Å². The van der Waals surface area contributed by atoms with Gasteiger partial charge in [0.1, 0.15) is 0 Å². The Morgan fingerprint density at radius 3 is 2.63 bits per heavy atom. The van der Waals surface area contributed by atoms with Gasteiger partial charge in [-0.15, -0.1) is 0 Å². The lowest BCUT2D eigenvalue weighted by atomic mass is 9.93. The second-order valence-corrected chi connectivity index (χ2v) is 8.69. The van der Waals surface area contributed by atoms with Crippen LogP contribution in [0, 0.1) is 0 Å². The Bertz CT molecular complexity index is 787. The van der Waals surface area contributed by atoms with Gasteiger partial charge in [-0.3, -0.25) is 14.4 Å². The van der Waals surface area contributed by atoms with Crippen molar-refractivity contribution in [3.63, 3.8) is 0 Å². The van der Waals surface area contributed by atoms with Crippen LogP contribution in [0.15, 0.2) is 29.2 Å². The Morgan fingerprint density at radius 1 is 1.17 bits per heavy atom. The van der Waals surface area contributed by atoms with Crippen LogP contribution < -0.4 is 10.9 Å². The largest absolute Gasteiger partial charge is 0.388 e. The lowest BCUT2D eigenvalue weighted by molar-refractivity contribution is -0.131. The Labute approximate surface area is 177 Å². The molecule has 30 heavy (non-hydrogen) atoms. The highest BCUT2D eigenvalue weighted by Gasteiger charge is 2.34. The molecule has 0 saturated carbocycles. The van der Waals surface area contributed by atoms with E-state index in [9.17, 15) is 19.5 Å². The number of carbonyl (C=O) groups excluding carboxylic acids is 2. The molecule has 2 aliphatic rings. The van der Waals surface area contributed by atoms with E-state index in [0.717, 1.165) is 32.4 Å². The summed E-state index contributed by atoms with van der Waals surface area (Å²) in [7, 11) is 0. The van der Waals surface area contributed by atoms with E-state index in [4.69, 9.17) is 0 Å². The summed E-state index contributed by atoms with van der Waals surface area (Å²) in [5.41, 5.74) is -0.885. The Morgan fingerprint density at radius 2 is 1.93 bits per heavy atom. The normalized spacial score (nSPS) is 23.7. The van der Waals surface area contributed by atoms with Gasteiger partial charge in [0.2, 0.25) is 11.8 Å². The minimum absolute atomic E-state index is 0.0118. The van der Waals surface area contributed by atoms with Crippen molar-refractivity contribution in [1.82, 2.24) is 19.7 Å². The monoisotopic (exact) mass is 418 g/mol. The van der Waals surface area contributed by atoms with Gasteiger partial charge in [0, 0.05) is 70.9 Å². The van der Waals surface area contributed by atoms with E-state index >= 15 is 0 Å². The van der Waals surface area contributed by atoms with Crippen LogP contribution in [-0.4, -0.2) is 75.7 Å². The standard InChI is InChI=1S/C22H34N4O4/c1-18(27)23-19-6-13-24(14-7-19)17-22(30)9-4-12-26(16-10-22)21(29)8-15-25-11-3-2-5-20(25)28/h2-3,5,11,19,30H,4,6-10,12-17H2,1H3,(H,23,27). The molecular weight excluding hydrogens is 384 g/mol. The second-order valence-electron chi connectivity index (χ2n) is 8.69. The topological polar surface area (TPSA) is 94.9 Å². The number of piperidine rings is 1. The van der Waals surface area contributed by atoms with E-state index in [1.54, 1.807) is 29.8 Å². The van der Waals surface area contributed by atoms with Gasteiger partial charge in [-0.05, 0) is 38.2 Å². The maximum atomic E-state index is 12.6. The minimum Gasteiger partial charge on any atom is -0.388 e. The zero-order chi connectivity index (χ0) is 21.6. The summed E-state index contributed by atoms with van der Waals surface area (Å²) in [6, 6.07) is 5.21. The molecule has 0 aromatic carbocycles. The Balaban J connectivity index is 1.45. The van der Waals surface area contributed by atoms with E-state index in [-0.39, 0.29) is 23.4 Å². The molecule has 1 aromatic rings. The number of hydrogen-bond donors (Lipinski definition) is 2. The van der Waals surface area contributed by atoms with Gasteiger partial charge in [-0.25, -0.2) is 0 Å². The lowest BCUT2D eigenvalue weighted by Gasteiger charge is -2.38. The smallest absolute Gasteiger partial charge is 0.250 e. The SMILES string of the molecule is CC(=O)NC1CCN(CC2(O)CCCN(C(=O)CCn3ccccc3=O)CC2)CC1. The zero-order valence-corrected chi connectivity index (χ0v) is 17.9. The molecule has 3 rings (SSSR count). The van der Waals surface area contributed by atoms with Crippen molar-refractivity contribution >= 4 is 11.8 Å². The van der Waals surface area contributed by atoms with Crippen molar-refractivity contribution in [2.45, 2.75) is 63.6 Å². The number of pyridine rings is 1. The lowest BCUT2D eigenvalue weighted by Crippen LogP contribution is -2.50. The molecule has 0 spiro atoms. The quantitative estimate of drug-likeness (QED) is 0.705. The number of likely N-dealkylation sites (tertiary alicyclic amines) is 2. The van der Waals surface area contributed by atoms with Gasteiger partial charge in [0.25, 0.3) is 5.56 Å². The van der Waals surface area contributed by atoms with Crippen molar-refractivity contribution in [2.24, 2.45) is 0 Å². The van der Waals surface area contributed by atoms with E-state index in [1.807, 2.05) is 4.90 Å². The summed E-state index contributed by atoms with van der Waals surface area (Å²) in [6.07, 6.45) is 5.81. The molecular formula is C22H34N4O4. The first-order valence-corrected chi connectivity index (χ1v) is 11.0. The summed E-state index contributed by atoms with van der Waals surface area (Å²) < 4.78 is 1.55. The molecule has 2 saturated heterocycles. The molecule has 1 atom stereocenters. The second kappa shape index (κ2) is 10.2. The predicted molar refractivity (Wildman–Crippen MR) is 114 cm³/mol. The molecule has 0 radical (unpaired) electrons. The average Bonchev–Trinajstić information content (AvgIpc) is 2.90. The van der Waals surface area contributed by atoms with E-state index in [1.165, 1.54) is 6.07 Å². The number of rotatable bonds is 6. The number of aliphatic hydroxyl groups is 1. The van der Waals surface area contributed by atoms with E-state index < -0.39 is 5.60 Å². The number of nitrogens with one attached hydrogen (secondary N) is 1. The van der Waals surface area contributed by atoms with E-state index in [2.05, 4.69) is 10.2 Å². The minimum atomic E-state index is -0.785. The third kappa shape index (κ3) is 6.40. The van der Waals surface area contributed by atoms with Crippen LogP contribution in [0.5, 0.6) is 0 Å². The van der Waals surface area contributed by atoms with Gasteiger partial charge in [-0.2, -0.15) is 0 Å². The average molecular weight is 419 g/mol. The molecule has 2 aliphatic heterocycles. The highest BCUT2D eigenvalue weighted by molar-refractivity contribution is 5.76. The van der Waals surface area contributed by atoms with Gasteiger partial charge in [0.05, 0.1) is 5.60 Å². The fourth-order valence-corrected chi connectivity index (χ4v) is 4.55. The van der Waals surface area contributed by atoms with Crippen LogP contribution in [0.25, 0.3) is 0 Å². The van der Waals surface area contributed by atoms with Gasteiger partial charge in [0.15, 0.2) is 0 Å². The van der Waals surface area contributed by atoms with Crippen LogP contribution in [0.3, 0.4) is 0 Å². The molecule has 2 fully saturated rings. The molecule has 2 N–H and O–H groups in total. The zero-order valence-electron chi connectivity index (χ0n) is 17.9. The Kier molecular flexibility index (Phi) is 7.66. The fraction of sp³-hybridized carbons (Fsp3) is 0.682. The molecule has 3 heterocycles. The van der Waals surface area contributed by atoms with Gasteiger partial charge in [-0.1, -0.05) is 6.07 Å². The first-order valence-electron chi connectivity index (χ1n) is 11.0. The summed E-state index contributed by atoms with van der Waals surface area (Å²) in [5, 5.41) is 14.1. The molecule has 0 bridgehead atoms. The highest BCUT2D eigenvalue weighted by Crippen LogP contribution is 2.25. The number of carbonyl (C=O) groups is 2. The fourth-order valence-electron chi connectivity index (χ4n) is 4.55. The molecule has 1 aromatic heterocycles. The first kappa shape index (κ1) is 22.5. The molecule has 1 unspecified atom stereocenters. The molecule has 166 valence electrons.